The molecule has 1 aliphatic heterocycles. The summed E-state index contributed by atoms with van der Waals surface area (Å²) in [6.07, 6.45) is 2.31. The average Bonchev–Trinajstić information content (AvgIpc) is 3.06. The van der Waals surface area contributed by atoms with Crippen LogP contribution < -0.4 is 4.90 Å². The van der Waals surface area contributed by atoms with E-state index < -0.39 is 0 Å². The summed E-state index contributed by atoms with van der Waals surface area (Å²) in [5.41, 5.74) is 2.58. The number of hydrogen-bond acceptors (Lipinski definition) is 6. The summed E-state index contributed by atoms with van der Waals surface area (Å²) in [7, 11) is 0. The van der Waals surface area contributed by atoms with Gasteiger partial charge in [-0.05, 0) is 17.7 Å². The van der Waals surface area contributed by atoms with Gasteiger partial charge in [0.1, 0.15) is 6.33 Å². The molecule has 6 nitrogen and oxygen atoms in total. The molecule has 0 bridgehead atoms. The Labute approximate surface area is 151 Å². The second-order valence-corrected chi connectivity index (χ2v) is 6.64. The zero-order valence-electron chi connectivity index (χ0n) is 14.2. The first-order chi connectivity index (χ1) is 12.2. The third-order valence-electron chi connectivity index (χ3n) is 4.49. The zero-order chi connectivity index (χ0) is 17.2. The first-order valence-corrected chi connectivity index (χ1v) is 8.93. The van der Waals surface area contributed by atoms with Gasteiger partial charge in [-0.2, -0.15) is 4.98 Å². The summed E-state index contributed by atoms with van der Waals surface area (Å²) >= 11 is 6.08. The Balaban J connectivity index is 1.46. The lowest BCUT2D eigenvalue weighted by Gasteiger charge is -2.35. The second-order valence-electron chi connectivity index (χ2n) is 6.21. The van der Waals surface area contributed by atoms with Gasteiger partial charge in [-0.3, -0.25) is 4.90 Å². The fraction of sp³-hybridized carbons (Fsp3) is 0.389. The highest BCUT2D eigenvalue weighted by Gasteiger charge is 2.22. The van der Waals surface area contributed by atoms with Crippen molar-refractivity contribution in [2.45, 2.75) is 19.9 Å². The lowest BCUT2D eigenvalue weighted by molar-refractivity contribution is 0.249. The Morgan fingerprint density at radius 2 is 2.00 bits per heavy atom. The van der Waals surface area contributed by atoms with E-state index in [1.807, 2.05) is 25.1 Å². The van der Waals surface area contributed by atoms with Gasteiger partial charge in [-0.15, -0.1) is 0 Å². The molecule has 0 unspecified atom stereocenters. The molecule has 0 radical (unpaired) electrons. The third kappa shape index (κ3) is 3.45. The summed E-state index contributed by atoms with van der Waals surface area (Å²) in [6.45, 7) is 6.68. The van der Waals surface area contributed by atoms with Gasteiger partial charge in [0.05, 0.1) is 0 Å². The Kier molecular flexibility index (Phi) is 4.55. The van der Waals surface area contributed by atoms with Crippen molar-refractivity contribution in [1.82, 2.24) is 19.9 Å². The third-order valence-corrected chi connectivity index (χ3v) is 4.72. The molecule has 7 heteroatoms. The van der Waals surface area contributed by atoms with Crippen molar-refractivity contribution in [3.8, 4) is 0 Å². The van der Waals surface area contributed by atoms with E-state index in [1.54, 1.807) is 6.33 Å². The number of piperazine rings is 1. The van der Waals surface area contributed by atoms with Crippen LogP contribution in [0.4, 0.5) is 5.82 Å². The minimum absolute atomic E-state index is 0.572. The van der Waals surface area contributed by atoms with Crippen LogP contribution >= 0.6 is 11.6 Å². The molecule has 2 aromatic heterocycles. The molecule has 1 saturated heterocycles. The van der Waals surface area contributed by atoms with E-state index in [-0.39, 0.29) is 0 Å². The summed E-state index contributed by atoms with van der Waals surface area (Å²) in [6, 6.07) is 8.06. The molecular formula is C18H20ClN5O. The molecular weight excluding hydrogens is 338 g/mol. The maximum atomic E-state index is 6.08. The smallest absolute Gasteiger partial charge is 0.252 e. The predicted octanol–water partition coefficient (Wildman–Crippen LogP) is 3.16. The Bertz CT molecular complexity index is 873. The van der Waals surface area contributed by atoms with Crippen LogP contribution in [-0.4, -0.2) is 46.0 Å². The Morgan fingerprint density at radius 1 is 1.16 bits per heavy atom. The predicted molar refractivity (Wildman–Crippen MR) is 97.9 cm³/mol. The maximum absolute atomic E-state index is 6.08. The number of aryl methyl sites for hydroxylation is 1. The first kappa shape index (κ1) is 16.3. The number of anilines is 1. The minimum atomic E-state index is 0.572. The Hall–Kier alpha value is -2.18. The van der Waals surface area contributed by atoms with Crippen molar-refractivity contribution in [1.29, 1.82) is 0 Å². The second kappa shape index (κ2) is 6.98. The zero-order valence-corrected chi connectivity index (χ0v) is 14.9. The van der Waals surface area contributed by atoms with Gasteiger partial charge in [-0.25, -0.2) is 9.97 Å². The minimum Gasteiger partial charge on any atom is -0.422 e. The normalized spacial score (nSPS) is 15.8. The van der Waals surface area contributed by atoms with Crippen LogP contribution in [0.2, 0.25) is 5.02 Å². The molecule has 1 aromatic carbocycles. The van der Waals surface area contributed by atoms with Crippen molar-refractivity contribution in [3.05, 3.63) is 47.1 Å². The molecule has 0 saturated carbocycles. The van der Waals surface area contributed by atoms with Crippen molar-refractivity contribution in [3.63, 3.8) is 0 Å². The first-order valence-electron chi connectivity index (χ1n) is 8.55. The summed E-state index contributed by atoms with van der Waals surface area (Å²) in [5, 5.41) is 0.789. The van der Waals surface area contributed by atoms with Crippen LogP contribution in [0.3, 0.4) is 0 Å². The average molecular weight is 358 g/mol. The van der Waals surface area contributed by atoms with Gasteiger partial charge in [0, 0.05) is 44.2 Å². The summed E-state index contributed by atoms with van der Waals surface area (Å²) in [5.74, 6) is 1.58. The van der Waals surface area contributed by atoms with Crippen LogP contribution in [0.25, 0.3) is 11.2 Å². The van der Waals surface area contributed by atoms with Crippen molar-refractivity contribution in [2.75, 3.05) is 31.1 Å². The van der Waals surface area contributed by atoms with Crippen molar-refractivity contribution in [2.24, 2.45) is 0 Å². The Morgan fingerprint density at radius 3 is 2.76 bits per heavy atom. The number of nitrogens with zero attached hydrogens (tertiary/aromatic N) is 5. The molecule has 3 heterocycles. The number of halogens is 1. The standard InChI is InChI=1S/C18H20ClN5O/c1-2-15-22-16-17(20-12-21-18(16)25-15)24-8-6-23(7-9-24)11-13-4-3-5-14(19)10-13/h3-5,10,12H,2,6-9,11H2,1H3. The van der Waals surface area contributed by atoms with Gasteiger partial charge < -0.3 is 9.32 Å². The van der Waals surface area contributed by atoms with Crippen LogP contribution in [0, 0.1) is 0 Å². The number of fused-ring (bicyclic) bond motifs is 1. The molecule has 0 N–H and O–H groups in total. The van der Waals surface area contributed by atoms with E-state index in [9.17, 15) is 0 Å². The van der Waals surface area contributed by atoms with Crippen LogP contribution in [0.15, 0.2) is 35.0 Å². The fourth-order valence-electron chi connectivity index (χ4n) is 3.18. The lowest BCUT2D eigenvalue weighted by atomic mass is 10.2. The molecule has 0 amide bonds. The maximum Gasteiger partial charge on any atom is 0.252 e. The van der Waals surface area contributed by atoms with Crippen molar-refractivity contribution < 1.29 is 4.42 Å². The number of aromatic nitrogens is 3. The number of benzene rings is 1. The van der Waals surface area contributed by atoms with Crippen LogP contribution in [0.5, 0.6) is 0 Å². The summed E-state index contributed by atoms with van der Waals surface area (Å²) < 4.78 is 5.65. The van der Waals surface area contributed by atoms with E-state index in [1.165, 1.54) is 5.56 Å². The van der Waals surface area contributed by atoms with Gasteiger partial charge in [0.25, 0.3) is 5.71 Å². The molecule has 1 fully saturated rings. The van der Waals surface area contributed by atoms with Gasteiger partial charge in [0.2, 0.25) is 0 Å². The highest BCUT2D eigenvalue weighted by Crippen LogP contribution is 2.24. The number of oxazole rings is 1. The largest absolute Gasteiger partial charge is 0.422 e. The molecule has 130 valence electrons. The van der Waals surface area contributed by atoms with E-state index in [4.69, 9.17) is 16.0 Å². The molecule has 0 spiro atoms. The topological polar surface area (TPSA) is 58.3 Å². The highest BCUT2D eigenvalue weighted by molar-refractivity contribution is 6.30. The molecule has 4 rings (SSSR count). The van der Waals surface area contributed by atoms with Crippen LogP contribution in [-0.2, 0) is 13.0 Å². The number of rotatable bonds is 4. The van der Waals surface area contributed by atoms with E-state index in [0.717, 1.165) is 55.5 Å². The quantitative estimate of drug-likeness (QED) is 0.715. The highest BCUT2D eigenvalue weighted by atomic mass is 35.5. The van der Waals surface area contributed by atoms with E-state index >= 15 is 0 Å². The van der Waals surface area contributed by atoms with Gasteiger partial charge in [0.15, 0.2) is 17.2 Å². The molecule has 0 atom stereocenters. The molecule has 1 aliphatic rings. The van der Waals surface area contributed by atoms with Gasteiger partial charge in [-0.1, -0.05) is 30.7 Å². The summed E-state index contributed by atoms with van der Waals surface area (Å²) in [4.78, 5) is 17.9. The van der Waals surface area contributed by atoms with E-state index in [2.05, 4.69) is 30.8 Å². The van der Waals surface area contributed by atoms with Crippen LogP contribution in [0.1, 0.15) is 18.4 Å². The molecule has 25 heavy (non-hydrogen) atoms. The molecule has 3 aromatic rings. The fourth-order valence-corrected chi connectivity index (χ4v) is 3.39. The van der Waals surface area contributed by atoms with Crippen molar-refractivity contribution >= 4 is 28.6 Å². The SMILES string of the molecule is CCc1nc2c(N3CCN(Cc4cccc(Cl)c4)CC3)ncnc2o1. The lowest BCUT2D eigenvalue weighted by Crippen LogP contribution is -2.46. The number of hydrogen-bond donors (Lipinski definition) is 0. The van der Waals surface area contributed by atoms with Gasteiger partial charge >= 0.3 is 0 Å². The van der Waals surface area contributed by atoms with E-state index in [0.29, 0.717) is 11.6 Å². The molecule has 0 aliphatic carbocycles. The monoisotopic (exact) mass is 357 g/mol.